The first-order valence-corrected chi connectivity index (χ1v) is 8.55. The molecule has 9 heteroatoms. The molecule has 0 fully saturated rings. The van der Waals surface area contributed by atoms with Gasteiger partial charge in [-0.15, -0.1) is 0 Å². The number of aromatic nitrogens is 2. The molecule has 0 radical (unpaired) electrons. The first-order valence-electron chi connectivity index (χ1n) is 6.74. The molecule has 1 heterocycles. The van der Waals surface area contributed by atoms with Crippen molar-refractivity contribution in [2.24, 2.45) is 7.05 Å². The topological polar surface area (TPSA) is 84.3 Å². The summed E-state index contributed by atoms with van der Waals surface area (Å²) in [6.07, 6.45) is 0. The van der Waals surface area contributed by atoms with E-state index in [1.54, 1.807) is 38.2 Å². The number of nitrogens with one attached hydrogen (secondary N) is 1. The molecule has 0 saturated carbocycles. The maximum atomic E-state index is 12.6. The van der Waals surface area contributed by atoms with Crippen LogP contribution in [0.25, 0.3) is 0 Å². The lowest BCUT2D eigenvalue weighted by molar-refractivity contribution is -0.116. The van der Waals surface area contributed by atoms with Gasteiger partial charge >= 0.3 is 0 Å². The van der Waals surface area contributed by atoms with Crippen molar-refractivity contribution < 1.29 is 13.2 Å². The minimum atomic E-state index is -3.91. The minimum Gasteiger partial charge on any atom is -0.325 e. The van der Waals surface area contributed by atoms with Gasteiger partial charge in [-0.2, -0.15) is 9.40 Å². The highest BCUT2D eigenvalue weighted by Crippen LogP contribution is 2.26. The van der Waals surface area contributed by atoms with Crippen molar-refractivity contribution in [3.63, 3.8) is 0 Å². The molecule has 0 bridgehead atoms. The van der Waals surface area contributed by atoms with E-state index in [0.717, 1.165) is 4.31 Å². The Kier molecular flexibility index (Phi) is 5.08. The molecule has 0 aliphatic rings. The van der Waals surface area contributed by atoms with Crippen LogP contribution < -0.4 is 5.32 Å². The van der Waals surface area contributed by atoms with E-state index in [0.29, 0.717) is 5.69 Å². The van der Waals surface area contributed by atoms with Gasteiger partial charge in [0.1, 0.15) is 10.0 Å². The molecule has 2 aromatic rings. The number of likely N-dealkylation sites (N-methyl/N-ethyl adjacent to an activating group) is 1. The van der Waals surface area contributed by atoms with Crippen LogP contribution in [0.15, 0.2) is 35.2 Å². The number of hydrogen-bond donors (Lipinski definition) is 1. The smallest absolute Gasteiger partial charge is 0.248 e. The highest BCUT2D eigenvalue weighted by atomic mass is 35.5. The number of para-hydroxylation sites is 1. The summed E-state index contributed by atoms with van der Waals surface area (Å²) in [4.78, 5) is 11.9. The normalized spacial score (nSPS) is 11.7. The van der Waals surface area contributed by atoms with Gasteiger partial charge in [0.05, 0.1) is 12.2 Å². The third-order valence-corrected chi connectivity index (χ3v) is 5.69. The molecule has 0 aliphatic heterocycles. The summed E-state index contributed by atoms with van der Waals surface area (Å²) in [6, 6.07) is 8.80. The number of carbonyl (C=O) groups excluding carboxylic acids is 1. The average Bonchev–Trinajstić information content (AvgIpc) is 2.73. The van der Waals surface area contributed by atoms with Crippen molar-refractivity contribution in [3.8, 4) is 0 Å². The monoisotopic (exact) mass is 356 g/mol. The van der Waals surface area contributed by atoms with Gasteiger partial charge in [-0.1, -0.05) is 29.8 Å². The van der Waals surface area contributed by atoms with Gasteiger partial charge in [0, 0.05) is 19.8 Å². The van der Waals surface area contributed by atoms with Crippen LogP contribution in [0, 0.1) is 6.92 Å². The van der Waals surface area contributed by atoms with E-state index in [4.69, 9.17) is 11.6 Å². The fraction of sp³-hybridized carbons (Fsp3) is 0.286. The highest BCUT2D eigenvalue weighted by Gasteiger charge is 2.30. The average molecular weight is 357 g/mol. The molecule has 1 N–H and O–H groups in total. The predicted molar refractivity (Wildman–Crippen MR) is 87.8 cm³/mol. The Morgan fingerprint density at radius 2 is 1.96 bits per heavy atom. The maximum absolute atomic E-state index is 12.6. The third-order valence-electron chi connectivity index (χ3n) is 3.19. The molecule has 0 aliphatic carbocycles. The Bertz CT molecular complexity index is 818. The van der Waals surface area contributed by atoms with Crippen molar-refractivity contribution in [2.75, 3.05) is 18.9 Å². The Labute approximate surface area is 139 Å². The zero-order valence-electron chi connectivity index (χ0n) is 12.9. The van der Waals surface area contributed by atoms with Gasteiger partial charge in [-0.25, -0.2) is 8.42 Å². The van der Waals surface area contributed by atoms with Gasteiger partial charge in [-0.3, -0.25) is 9.48 Å². The first kappa shape index (κ1) is 17.5. The summed E-state index contributed by atoms with van der Waals surface area (Å²) in [5, 5.41) is 6.63. The van der Waals surface area contributed by atoms with Crippen LogP contribution in [0.3, 0.4) is 0 Å². The molecule has 23 heavy (non-hydrogen) atoms. The summed E-state index contributed by atoms with van der Waals surface area (Å²) in [5.41, 5.74) is 0.881. The summed E-state index contributed by atoms with van der Waals surface area (Å²) >= 11 is 6.00. The molecular weight excluding hydrogens is 340 g/mol. The molecule has 1 aromatic carbocycles. The molecule has 0 atom stereocenters. The van der Waals surface area contributed by atoms with Crippen LogP contribution in [0.2, 0.25) is 5.15 Å². The van der Waals surface area contributed by atoms with Crippen LogP contribution >= 0.6 is 11.6 Å². The Morgan fingerprint density at radius 1 is 1.35 bits per heavy atom. The Morgan fingerprint density at radius 3 is 2.48 bits per heavy atom. The highest BCUT2D eigenvalue weighted by molar-refractivity contribution is 7.89. The van der Waals surface area contributed by atoms with E-state index in [9.17, 15) is 13.2 Å². The van der Waals surface area contributed by atoms with Gasteiger partial charge in [0.15, 0.2) is 0 Å². The van der Waals surface area contributed by atoms with Crippen molar-refractivity contribution in [2.45, 2.75) is 11.8 Å². The zero-order chi connectivity index (χ0) is 17.2. The standard InChI is InChI=1S/C14H17ClN4O3S/c1-10-13(14(15)19(3)17-10)23(21,22)18(2)9-12(20)16-11-7-5-4-6-8-11/h4-8H,9H2,1-3H3,(H,16,20). The number of nitrogens with zero attached hydrogens (tertiary/aromatic N) is 3. The SMILES string of the molecule is Cc1nn(C)c(Cl)c1S(=O)(=O)N(C)CC(=O)Nc1ccccc1. The fourth-order valence-corrected chi connectivity index (χ4v) is 3.89. The molecule has 124 valence electrons. The molecular formula is C14H17ClN4O3S. The van der Waals surface area contributed by atoms with E-state index in [-0.39, 0.29) is 22.3 Å². The molecule has 1 amide bonds. The van der Waals surface area contributed by atoms with Crippen LogP contribution in [0.1, 0.15) is 5.69 Å². The number of halogens is 1. The van der Waals surface area contributed by atoms with Gasteiger partial charge in [0.25, 0.3) is 0 Å². The second-order valence-corrected chi connectivity index (χ2v) is 7.34. The van der Waals surface area contributed by atoms with E-state index < -0.39 is 15.9 Å². The van der Waals surface area contributed by atoms with Crippen LogP contribution in [-0.4, -0.2) is 42.0 Å². The summed E-state index contributed by atoms with van der Waals surface area (Å²) in [6.45, 7) is 1.22. The number of anilines is 1. The molecule has 2 rings (SSSR count). The number of rotatable bonds is 5. The van der Waals surface area contributed by atoms with Gasteiger partial charge < -0.3 is 5.32 Å². The van der Waals surface area contributed by atoms with Crippen LogP contribution in [-0.2, 0) is 21.9 Å². The lowest BCUT2D eigenvalue weighted by Gasteiger charge is -2.16. The lowest BCUT2D eigenvalue weighted by Crippen LogP contribution is -2.35. The third kappa shape index (κ3) is 3.72. The lowest BCUT2D eigenvalue weighted by atomic mass is 10.3. The molecule has 0 spiro atoms. The number of hydrogen-bond acceptors (Lipinski definition) is 4. The zero-order valence-corrected chi connectivity index (χ0v) is 14.5. The second-order valence-electron chi connectivity index (χ2n) is 5.00. The number of sulfonamides is 1. The molecule has 0 unspecified atom stereocenters. The van der Waals surface area contributed by atoms with Crippen molar-refractivity contribution >= 4 is 33.2 Å². The van der Waals surface area contributed by atoms with E-state index in [2.05, 4.69) is 10.4 Å². The number of benzene rings is 1. The maximum Gasteiger partial charge on any atom is 0.248 e. The molecule has 0 saturated heterocycles. The van der Waals surface area contributed by atoms with Crippen molar-refractivity contribution in [3.05, 3.63) is 41.2 Å². The molecule has 7 nitrogen and oxygen atoms in total. The largest absolute Gasteiger partial charge is 0.325 e. The number of amides is 1. The van der Waals surface area contributed by atoms with Gasteiger partial charge in [0.2, 0.25) is 15.9 Å². The van der Waals surface area contributed by atoms with Crippen molar-refractivity contribution in [1.82, 2.24) is 14.1 Å². The summed E-state index contributed by atoms with van der Waals surface area (Å²) < 4.78 is 27.4. The molecule has 1 aromatic heterocycles. The van der Waals surface area contributed by atoms with E-state index >= 15 is 0 Å². The van der Waals surface area contributed by atoms with Crippen LogP contribution in [0.4, 0.5) is 5.69 Å². The van der Waals surface area contributed by atoms with E-state index in [1.807, 2.05) is 6.07 Å². The first-order chi connectivity index (χ1) is 10.7. The number of carbonyl (C=O) groups is 1. The predicted octanol–water partition coefficient (Wildman–Crippen LogP) is 1.64. The van der Waals surface area contributed by atoms with Gasteiger partial charge in [-0.05, 0) is 19.1 Å². The quantitative estimate of drug-likeness (QED) is 0.882. The number of aryl methyl sites for hydroxylation is 2. The second kappa shape index (κ2) is 6.69. The Hall–Kier alpha value is -1.90. The van der Waals surface area contributed by atoms with E-state index in [1.165, 1.54) is 11.7 Å². The summed E-state index contributed by atoms with van der Waals surface area (Å²) in [5.74, 6) is -0.444. The van der Waals surface area contributed by atoms with Crippen LogP contribution in [0.5, 0.6) is 0 Å². The van der Waals surface area contributed by atoms with Crippen molar-refractivity contribution in [1.29, 1.82) is 0 Å². The fourth-order valence-electron chi connectivity index (χ4n) is 2.07. The summed E-state index contributed by atoms with van der Waals surface area (Å²) in [7, 11) is -1.04. The minimum absolute atomic E-state index is 0.0119. The Balaban J connectivity index is 2.16.